The maximum Gasteiger partial charge on any atom is 0.236 e. The van der Waals surface area contributed by atoms with Gasteiger partial charge in [0.2, 0.25) is 5.91 Å². The molecule has 1 unspecified atom stereocenters. The molecule has 1 amide bonds. The van der Waals surface area contributed by atoms with Crippen molar-refractivity contribution in [3.05, 3.63) is 0 Å². The number of hydrogen-bond acceptors (Lipinski definition) is 2. The Bertz CT molecular complexity index is 230. The Morgan fingerprint density at radius 2 is 2.12 bits per heavy atom. The average Bonchev–Trinajstić information content (AvgIpc) is 2.36. The lowest BCUT2D eigenvalue weighted by Gasteiger charge is -2.36. The van der Waals surface area contributed by atoms with Crippen LogP contribution in [0.15, 0.2) is 0 Å². The van der Waals surface area contributed by atoms with E-state index in [2.05, 4.69) is 30.7 Å². The molecule has 0 bridgehead atoms. The SMILES string of the molecule is CCCCN(C)CC(=O)N1CCCCC1CC. The summed E-state index contributed by atoms with van der Waals surface area (Å²) in [5.41, 5.74) is 0. The quantitative estimate of drug-likeness (QED) is 0.712. The number of piperidine rings is 1. The predicted octanol–water partition coefficient (Wildman–Crippen LogP) is 2.51. The molecule has 0 N–H and O–H groups in total. The van der Waals surface area contributed by atoms with Crippen LogP contribution in [0.4, 0.5) is 0 Å². The molecule has 3 nitrogen and oxygen atoms in total. The minimum Gasteiger partial charge on any atom is -0.339 e. The topological polar surface area (TPSA) is 23.6 Å². The van der Waals surface area contributed by atoms with Crippen LogP contribution in [0.3, 0.4) is 0 Å². The average molecular weight is 240 g/mol. The van der Waals surface area contributed by atoms with Gasteiger partial charge in [0, 0.05) is 12.6 Å². The van der Waals surface area contributed by atoms with Crippen LogP contribution in [0.2, 0.25) is 0 Å². The van der Waals surface area contributed by atoms with Crippen molar-refractivity contribution in [2.24, 2.45) is 0 Å². The standard InChI is InChI=1S/C14H28N2O/c1-4-6-10-15(3)12-14(17)16-11-8-7-9-13(16)5-2/h13H,4-12H2,1-3H3. The zero-order valence-corrected chi connectivity index (χ0v) is 11.7. The highest BCUT2D eigenvalue weighted by molar-refractivity contribution is 5.78. The normalized spacial score (nSPS) is 20.9. The van der Waals surface area contributed by atoms with Crippen LogP contribution in [-0.2, 0) is 4.79 Å². The fraction of sp³-hybridized carbons (Fsp3) is 0.929. The summed E-state index contributed by atoms with van der Waals surface area (Å²) in [6, 6.07) is 0.496. The summed E-state index contributed by atoms with van der Waals surface area (Å²) in [4.78, 5) is 16.5. The van der Waals surface area contributed by atoms with Crippen LogP contribution in [-0.4, -0.2) is 48.4 Å². The minimum absolute atomic E-state index is 0.329. The summed E-state index contributed by atoms with van der Waals surface area (Å²) in [5, 5.41) is 0. The smallest absolute Gasteiger partial charge is 0.236 e. The predicted molar refractivity (Wildman–Crippen MR) is 72.0 cm³/mol. The highest BCUT2D eigenvalue weighted by Gasteiger charge is 2.25. The van der Waals surface area contributed by atoms with Gasteiger partial charge in [-0.15, -0.1) is 0 Å². The molecule has 100 valence electrons. The van der Waals surface area contributed by atoms with E-state index in [-0.39, 0.29) is 0 Å². The first-order valence-electron chi connectivity index (χ1n) is 7.17. The Kier molecular flexibility index (Phi) is 6.56. The summed E-state index contributed by atoms with van der Waals surface area (Å²) in [6.45, 7) is 6.98. The molecule has 1 aliphatic heterocycles. The summed E-state index contributed by atoms with van der Waals surface area (Å²) < 4.78 is 0. The summed E-state index contributed by atoms with van der Waals surface area (Å²) in [5.74, 6) is 0.329. The van der Waals surface area contributed by atoms with Crippen LogP contribution < -0.4 is 0 Å². The largest absolute Gasteiger partial charge is 0.339 e. The Balaban J connectivity index is 2.39. The number of rotatable bonds is 6. The van der Waals surface area contributed by atoms with Crippen molar-refractivity contribution in [1.29, 1.82) is 0 Å². The van der Waals surface area contributed by atoms with E-state index in [1.54, 1.807) is 0 Å². The lowest BCUT2D eigenvalue weighted by molar-refractivity contribution is -0.135. The zero-order valence-electron chi connectivity index (χ0n) is 11.7. The summed E-state index contributed by atoms with van der Waals surface area (Å²) in [7, 11) is 2.05. The zero-order chi connectivity index (χ0) is 12.7. The van der Waals surface area contributed by atoms with E-state index in [9.17, 15) is 4.79 Å². The monoisotopic (exact) mass is 240 g/mol. The van der Waals surface area contributed by atoms with Gasteiger partial charge in [-0.2, -0.15) is 0 Å². The lowest BCUT2D eigenvalue weighted by atomic mass is 10.00. The molecule has 1 aliphatic rings. The first-order valence-corrected chi connectivity index (χ1v) is 7.17. The van der Waals surface area contributed by atoms with Crippen LogP contribution >= 0.6 is 0 Å². The van der Waals surface area contributed by atoms with Gasteiger partial charge in [0.05, 0.1) is 6.54 Å². The molecule has 17 heavy (non-hydrogen) atoms. The molecule has 3 heteroatoms. The second kappa shape index (κ2) is 7.70. The number of carbonyl (C=O) groups is 1. The van der Waals surface area contributed by atoms with Crippen LogP contribution in [0.25, 0.3) is 0 Å². The first kappa shape index (κ1) is 14.5. The third-order valence-electron chi connectivity index (χ3n) is 3.72. The number of nitrogens with zero attached hydrogens (tertiary/aromatic N) is 2. The third kappa shape index (κ3) is 4.66. The van der Waals surface area contributed by atoms with Crippen molar-refractivity contribution in [3.8, 4) is 0 Å². The number of likely N-dealkylation sites (tertiary alicyclic amines) is 1. The first-order chi connectivity index (χ1) is 8.19. The van der Waals surface area contributed by atoms with Crippen LogP contribution in [0, 0.1) is 0 Å². The number of amides is 1. The Hall–Kier alpha value is -0.570. The number of carbonyl (C=O) groups excluding carboxylic acids is 1. The van der Waals surface area contributed by atoms with E-state index in [0.717, 1.165) is 19.5 Å². The highest BCUT2D eigenvalue weighted by Crippen LogP contribution is 2.19. The maximum absolute atomic E-state index is 12.2. The molecular formula is C14H28N2O. The molecule has 0 aliphatic carbocycles. The van der Waals surface area contributed by atoms with Crippen molar-refractivity contribution < 1.29 is 4.79 Å². The number of unbranched alkanes of at least 4 members (excludes halogenated alkanes) is 1. The van der Waals surface area contributed by atoms with Gasteiger partial charge < -0.3 is 4.90 Å². The van der Waals surface area contributed by atoms with Crippen molar-refractivity contribution in [3.63, 3.8) is 0 Å². The molecule has 0 spiro atoms. The van der Waals surface area contributed by atoms with Crippen LogP contribution in [0.5, 0.6) is 0 Å². The molecule has 0 radical (unpaired) electrons. The summed E-state index contributed by atoms with van der Waals surface area (Å²) in [6.07, 6.45) is 7.14. The Labute approximate surface area is 106 Å². The molecule has 0 aromatic rings. The van der Waals surface area contributed by atoms with Gasteiger partial charge in [0.25, 0.3) is 0 Å². The maximum atomic E-state index is 12.2. The molecule has 1 rings (SSSR count). The van der Waals surface area contributed by atoms with Gasteiger partial charge >= 0.3 is 0 Å². The van der Waals surface area contributed by atoms with Gasteiger partial charge in [-0.25, -0.2) is 0 Å². The Morgan fingerprint density at radius 3 is 2.76 bits per heavy atom. The molecule has 1 fully saturated rings. The highest BCUT2D eigenvalue weighted by atomic mass is 16.2. The molecule has 1 atom stereocenters. The van der Waals surface area contributed by atoms with Gasteiger partial charge in [-0.1, -0.05) is 20.3 Å². The van der Waals surface area contributed by atoms with E-state index in [0.29, 0.717) is 18.5 Å². The van der Waals surface area contributed by atoms with Crippen molar-refractivity contribution in [2.75, 3.05) is 26.7 Å². The fourth-order valence-corrected chi connectivity index (χ4v) is 2.58. The van der Waals surface area contributed by atoms with Gasteiger partial charge in [-0.05, 0) is 45.7 Å². The van der Waals surface area contributed by atoms with E-state index in [1.807, 2.05) is 0 Å². The number of likely N-dealkylation sites (N-methyl/N-ethyl adjacent to an activating group) is 1. The molecule has 0 aromatic carbocycles. The van der Waals surface area contributed by atoms with Gasteiger partial charge in [0.15, 0.2) is 0 Å². The van der Waals surface area contributed by atoms with E-state index in [4.69, 9.17) is 0 Å². The van der Waals surface area contributed by atoms with Crippen LogP contribution in [0.1, 0.15) is 52.4 Å². The third-order valence-corrected chi connectivity index (χ3v) is 3.72. The lowest BCUT2D eigenvalue weighted by Crippen LogP contribution is -2.47. The Morgan fingerprint density at radius 1 is 1.35 bits per heavy atom. The van der Waals surface area contributed by atoms with Gasteiger partial charge in [-0.3, -0.25) is 9.69 Å². The second-order valence-corrected chi connectivity index (χ2v) is 5.24. The molecular weight excluding hydrogens is 212 g/mol. The van der Waals surface area contributed by atoms with E-state index >= 15 is 0 Å². The van der Waals surface area contributed by atoms with Crippen molar-refractivity contribution >= 4 is 5.91 Å². The van der Waals surface area contributed by atoms with Gasteiger partial charge in [0.1, 0.15) is 0 Å². The van der Waals surface area contributed by atoms with Crippen molar-refractivity contribution in [1.82, 2.24) is 9.80 Å². The summed E-state index contributed by atoms with van der Waals surface area (Å²) >= 11 is 0. The van der Waals surface area contributed by atoms with E-state index in [1.165, 1.54) is 32.1 Å². The molecule has 1 heterocycles. The molecule has 0 aromatic heterocycles. The second-order valence-electron chi connectivity index (χ2n) is 5.24. The van der Waals surface area contributed by atoms with Crippen molar-refractivity contribution in [2.45, 2.75) is 58.4 Å². The van der Waals surface area contributed by atoms with E-state index < -0.39 is 0 Å². The minimum atomic E-state index is 0.329. The molecule has 1 saturated heterocycles. The molecule has 0 saturated carbocycles. The fourth-order valence-electron chi connectivity index (χ4n) is 2.58. The number of hydrogen-bond donors (Lipinski definition) is 0.